The third-order valence-corrected chi connectivity index (χ3v) is 2.89. The van der Waals surface area contributed by atoms with E-state index in [1.165, 1.54) is 0 Å². The fourth-order valence-corrected chi connectivity index (χ4v) is 1.64. The van der Waals surface area contributed by atoms with Crippen LogP contribution >= 0.6 is 11.6 Å². The van der Waals surface area contributed by atoms with Crippen molar-refractivity contribution in [1.29, 1.82) is 0 Å². The lowest BCUT2D eigenvalue weighted by Crippen LogP contribution is -2.14. The van der Waals surface area contributed by atoms with Gasteiger partial charge in [-0.05, 0) is 31.8 Å². The van der Waals surface area contributed by atoms with Crippen LogP contribution in [0.3, 0.4) is 0 Å². The predicted molar refractivity (Wildman–Crippen MR) is 61.0 cm³/mol. The molecule has 2 aromatic rings. The molecule has 0 aliphatic heterocycles. The summed E-state index contributed by atoms with van der Waals surface area (Å²) in [4.78, 5) is 6.17. The monoisotopic (exact) mass is 224 g/mol. The van der Waals surface area contributed by atoms with Crippen LogP contribution in [0, 0.1) is 6.92 Å². The lowest BCUT2D eigenvalue weighted by Gasteiger charge is -2.17. The minimum Gasteiger partial charge on any atom is -0.441 e. The van der Waals surface area contributed by atoms with Crippen LogP contribution in [-0.4, -0.2) is 24.0 Å². The average molecular weight is 225 g/mol. The Labute approximate surface area is 93.6 Å². The molecule has 0 bridgehead atoms. The van der Waals surface area contributed by atoms with Gasteiger partial charge < -0.3 is 4.42 Å². The van der Waals surface area contributed by atoms with Gasteiger partial charge >= 0.3 is 0 Å². The number of alkyl halides is 1. The van der Waals surface area contributed by atoms with Crippen LogP contribution in [0.15, 0.2) is 22.6 Å². The van der Waals surface area contributed by atoms with E-state index in [1.54, 1.807) is 0 Å². The smallest absolute Gasteiger partial charge is 0.192 e. The van der Waals surface area contributed by atoms with E-state index < -0.39 is 0 Å². The highest BCUT2D eigenvalue weighted by Gasteiger charge is 2.12. The standard InChI is InChI=1S/C11H13ClN2O/c1-7-13-9-5-4-8(6-10(9)15-7)11(12)14(2)3/h4-6,11H,1-3H3. The predicted octanol–water partition coefficient (Wildman–Crippen LogP) is 2.94. The van der Waals surface area contributed by atoms with Crippen LogP contribution < -0.4 is 0 Å². The van der Waals surface area contributed by atoms with Crippen molar-refractivity contribution >= 4 is 22.7 Å². The van der Waals surface area contributed by atoms with E-state index in [1.807, 2.05) is 44.1 Å². The highest BCUT2D eigenvalue weighted by atomic mass is 35.5. The molecule has 0 radical (unpaired) electrons. The summed E-state index contributed by atoms with van der Waals surface area (Å²) < 4.78 is 5.45. The Balaban J connectivity index is 2.46. The van der Waals surface area contributed by atoms with E-state index in [-0.39, 0.29) is 5.50 Å². The molecule has 1 unspecified atom stereocenters. The second-order valence-electron chi connectivity index (χ2n) is 3.76. The topological polar surface area (TPSA) is 29.3 Å². The third kappa shape index (κ3) is 1.98. The summed E-state index contributed by atoms with van der Waals surface area (Å²) in [5.41, 5.74) is 2.54. The van der Waals surface area contributed by atoms with Gasteiger partial charge in [-0.1, -0.05) is 6.07 Å². The fourth-order valence-electron chi connectivity index (χ4n) is 1.50. The Morgan fingerprint density at radius 1 is 1.40 bits per heavy atom. The largest absolute Gasteiger partial charge is 0.441 e. The normalized spacial score (nSPS) is 13.7. The molecular formula is C11H13ClN2O. The number of benzene rings is 1. The number of rotatable bonds is 2. The molecule has 1 heterocycles. The lowest BCUT2D eigenvalue weighted by molar-refractivity contribution is 0.384. The molecule has 3 nitrogen and oxygen atoms in total. The molecule has 0 saturated heterocycles. The van der Waals surface area contributed by atoms with Crippen molar-refractivity contribution in [3.8, 4) is 0 Å². The van der Waals surface area contributed by atoms with E-state index in [2.05, 4.69) is 4.98 Å². The number of oxazole rings is 1. The number of fused-ring (bicyclic) bond motifs is 1. The number of hydrogen-bond acceptors (Lipinski definition) is 3. The molecule has 2 rings (SSSR count). The maximum Gasteiger partial charge on any atom is 0.192 e. The fraction of sp³-hybridized carbons (Fsp3) is 0.364. The van der Waals surface area contributed by atoms with Gasteiger partial charge in [-0.3, -0.25) is 4.90 Å². The summed E-state index contributed by atoms with van der Waals surface area (Å²) in [5, 5.41) is 0. The zero-order valence-corrected chi connectivity index (χ0v) is 9.75. The summed E-state index contributed by atoms with van der Waals surface area (Å²) in [6.45, 7) is 1.84. The molecule has 0 saturated carbocycles. The molecule has 1 aromatic heterocycles. The quantitative estimate of drug-likeness (QED) is 0.580. The van der Waals surface area contributed by atoms with Crippen LogP contribution in [0.1, 0.15) is 17.0 Å². The van der Waals surface area contributed by atoms with Crippen molar-refractivity contribution in [3.63, 3.8) is 0 Å². The molecule has 4 heteroatoms. The summed E-state index contributed by atoms with van der Waals surface area (Å²) in [7, 11) is 3.88. The van der Waals surface area contributed by atoms with Gasteiger partial charge in [-0.25, -0.2) is 4.98 Å². The summed E-state index contributed by atoms with van der Waals surface area (Å²) in [5.74, 6) is 0.679. The molecule has 80 valence electrons. The van der Waals surface area contributed by atoms with Gasteiger partial charge in [0.1, 0.15) is 11.0 Å². The Bertz CT molecular complexity index is 478. The van der Waals surface area contributed by atoms with E-state index in [4.69, 9.17) is 16.0 Å². The van der Waals surface area contributed by atoms with Gasteiger partial charge in [0.15, 0.2) is 11.5 Å². The van der Waals surface area contributed by atoms with Gasteiger partial charge in [0, 0.05) is 6.92 Å². The molecule has 1 aromatic carbocycles. The van der Waals surface area contributed by atoms with Gasteiger partial charge in [0.2, 0.25) is 0 Å². The highest BCUT2D eigenvalue weighted by molar-refractivity contribution is 6.20. The average Bonchev–Trinajstić information content (AvgIpc) is 2.55. The minimum absolute atomic E-state index is 0.139. The molecule has 0 N–H and O–H groups in total. The van der Waals surface area contributed by atoms with E-state index in [0.717, 1.165) is 16.7 Å². The Morgan fingerprint density at radius 3 is 2.80 bits per heavy atom. The van der Waals surface area contributed by atoms with E-state index >= 15 is 0 Å². The summed E-state index contributed by atoms with van der Waals surface area (Å²) in [6, 6.07) is 5.84. The van der Waals surface area contributed by atoms with Gasteiger partial charge in [0.25, 0.3) is 0 Å². The highest BCUT2D eigenvalue weighted by Crippen LogP contribution is 2.26. The van der Waals surface area contributed by atoms with Crippen molar-refractivity contribution in [1.82, 2.24) is 9.88 Å². The number of nitrogens with zero attached hydrogens (tertiary/aromatic N) is 2. The van der Waals surface area contributed by atoms with Crippen LogP contribution in [0.25, 0.3) is 11.1 Å². The van der Waals surface area contributed by atoms with Crippen molar-refractivity contribution in [2.75, 3.05) is 14.1 Å². The molecule has 0 spiro atoms. The van der Waals surface area contributed by atoms with Crippen molar-refractivity contribution in [2.45, 2.75) is 12.4 Å². The lowest BCUT2D eigenvalue weighted by atomic mass is 10.2. The summed E-state index contributed by atoms with van der Waals surface area (Å²) >= 11 is 6.21. The Hall–Kier alpha value is -1.06. The van der Waals surface area contributed by atoms with Crippen molar-refractivity contribution in [2.24, 2.45) is 0 Å². The third-order valence-electron chi connectivity index (χ3n) is 2.25. The number of aryl methyl sites for hydroxylation is 1. The molecule has 0 aliphatic rings. The Morgan fingerprint density at radius 2 is 2.13 bits per heavy atom. The molecule has 1 atom stereocenters. The van der Waals surface area contributed by atoms with Crippen LogP contribution in [0.2, 0.25) is 0 Å². The van der Waals surface area contributed by atoms with E-state index in [9.17, 15) is 0 Å². The van der Waals surface area contributed by atoms with Crippen molar-refractivity contribution in [3.05, 3.63) is 29.7 Å². The second kappa shape index (κ2) is 3.83. The molecule has 0 amide bonds. The van der Waals surface area contributed by atoms with Gasteiger partial charge in [0.05, 0.1) is 0 Å². The minimum atomic E-state index is -0.139. The first-order valence-electron chi connectivity index (χ1n) is 4.75. The number of aromatic nitrogens is 1. The maximum atomic E-state index is 6.21. The van der Waals surface area contributed by atoms with Crippen molar-refractivity contribution < 1.29 is 4.42 Å². The van der Waals surface area contributed by atoms with Crippen LogP contribution in [-0.2, 0) is 0 Å². The molecule has 15 heavy (non-hydrogen) atoms. The summed E-state index contributed by atoms with van der Waals surface area (Å²) in [6.07, 6.45) is 0. The first-order valence-corrected chi connectivity index (χ1v) is 5.19. The zero-order chi connectivity index (χ0) is 11.0. The molecule has 0 fully saturated rings. The Kier molecular flexibility index (Phi) is 2.67. The second-order valence-corrected chi connectivity index (χ2v) is 4.17. The first kappa shape index (κ1) is 10.5. The van der Waals surface area contributed by atoms with E-state index in [0.29, 0.717) is 5.89 Å². The van der Waals surface area contributed by atoms with Crippen LogP contribution in [0.5, 0.6) is 0 Å². The van der Waals surface area contributed by atoms with Crippen LogP contribution in [0.4, 0.5) is 0 Å². The molecule has 0 aliphatic carbocycles. The number of hydrogen-bond donors (Lipinski definition) is 0. The molecular weight excluding hydrogens is 212 g/mol. The zero-order valence-electron chi connectivity index (χ0n) is 8.99. The van der Waals surface area contributed by atoms with Gasteiger partial charge in [-0.2, -0.15) is 0 Å². The maximum absolute atomic E-state index is 6.21. The SMILES string of the molecule is Cc1nc2ccc(C(Cl)N(C)C)cc2o1. The number of halogens is 1. The first-order chi connectivity index (χ1) is 7.08. The van der Waals surface area contributed by atoms with Gasteiger partial charge in [-0.15, -0.1) is 11.6 Å².